The Morgan fingerprint density at radius 2 is 1.91 bits per heavy atom. The summed E-state index contributed by atoms with van der Waals surface area (Å²) in [5, 5.41) is 15.0. The second kappa shape index (κ2) is 7.28. The van der Waals surface area contributed by atoms with Gasteiger partial charge in [0.2, 0.25) is 0 Å². The van der Waals surface area contributed by atoms with Crippen molar-refractivity contribution in [1.29, 1.82) is 0 Å². The topological polar surface area (TPSA) is 54.3 Å². The van der Waals surface area contributed by atoms with Gasteiger partial charge < -0.3 is 15.0 Å². The summed E-state index contributed by atoms with van der Waals surface area (Å²) in [5.74, 6) is -0.351. The lowest BCUT2D eigenvalue weighted by atomic mass is 9.69. The van der Waals surface area contributed by atoms with Crippen LogP contribution in [-0.2, 0) is 7.05 Å². The van der Waals surface area contributed by atoms with E-state index in [4.69, 9.17) is 0 Å². The van der Waals surface area contributed by atoms with Crippen LogP contribution in [0.15, 0.2) is 58.2 Å². The van der Waals surface area contributed by atoms with Crippen LogP contribution in [0.5, 0.6) is 0 Å². The highest BCUT2D eigenvalue weighted by Gasteiger charge is 2.62. The first-order valence-electron chi connectivity index (χ1n) is 10.5. The number of anilines is 1. The van der Waals surface area contributed by atoms with Crippen molar-refractivity contribution in [2.24, 2.45) is 7.05 Å². The predicted molar refractivity (Wildman–Crippen MR) is 120 cm³/mol. The van der Waals surface area contributed by atoms with Gasteiger partial charge >= 0.3 is 6.18 Å². The Labute approximate surface area is 187 Å². The molecule has 2 heterocycles. The summed E-state index contributed by atoms with van der Waals surface area (Å²) in [4.78, 5) is 13.0. The first-order valence-corrected chi connectivity index (χ1v) is 11.4. The molecule has 4 unspecified atom stereocenters. The number of nitrogens with zero attached hydrogens (tertiary/aromatic N) is 1. The fourth-order valence-electron chi connectivity index (χ4n) is 5.24. The molecule has 8 heteroatoms. The molecule has 0 bridgehead atoms. The van der Waals surface area contributed by atoms with E-state index in [0.717, 1.165) is 10.5 Å². The average Bonchev–Trinajstić information content (AvgIpc) is 2.72. The van der Waals surface area contributed by atoms with Gasteiger partial charge in [-0.15, -0.1) is 11.8 Å². The van der Waals surface area contributed by atoms with Crippen molar-refractivity contribution >= 4 is 28.4 Å². The minimum absolute atomic E-state index is 0.184. The highest BCUT2D eigenvalue weighted by Crippen LogP contribution is 2.57. The van der Waals surface area contributed by atoms with Gasteiger partial charge in [-0.05, 0) is 54.2 Å². The van der Waals surface area contributed by atoms with Gasteiger partial charge in [-0.3, -0.25) is 4.79 Å². The largest absolute Gasteiger partial charge is 0.419 e. The Balaban J connectivity index is 1.70. The number of nitrogens with one attached hydrogen (secondary N) is 1. The normalized spacial score (nSPS) is 27.2. The molecular formula is C24H23F3N2O2S. The molecule has 5 rings (SSSR count). The van der Waals surface area contributed by atoms with Crippen LogP contribution in [0.4, 0.5) is 18.9 Å². The van der Waals surface area contributed by atoms with Gasteiger partial charge in [0, 0.05) is 34.3 Å². The van der Waals surface area contributed by atoms with Crippen LogP contribution in [0.25, 0.3) is 10.9 Å². The van der Waals surface area contributed by atoms with Crippen LogP contribution < -0.4 is 10.9 Å². The SMILES string of the molecule is CC1CC2CC(O)(C(F)(F)F)C(Nc3cccc4c3ccc(=O)n4C)c3cccc(c32)S1. The van der Waals surface area contributed by atoms with Crippen LogP contribution in [0.2, 0.25) is 0 Å². The quantitative estimate of drug-likeness (QED) is 0.541. The fraction of sp³-hybridized carbons (Fsp3) is 0.375. The molecule has 4 atom stereocenters. The van der Waals surface area contributed by atoms with Crippen LogP contribution >= 0.6 is 11.8 Å². The van der Waals surface area contributed by atoms with Crippen LogP contribution in [0.1, 0.15) is 42.9 Å². The van der Waals surface area contributed by atoms with E-state index in [1.165, 1.54) is 10.6 Å². The van der Waals surface area contributed by atoms with E-state index in [1.54, 1.807) is 55.2 Å². The molecular weight excluding hydrogens is 437 g/mol. The molecule has 4 nitrogen and oxygen atoms in total. The lowest BCUT2D eigenvalue weighted by Crippen LogP contribution is -2.56. The standard InChI is InChI=1S/C24H23F3N2O2S/c1-13-11-14-12-23(31,24(25,26)27)22(16-5-3-8-19(32-13)21(14)16)28-17-6-4-7-18-15(17)9-10-20(30)29(18)2/h3-10,13-14,22,28,31H,11-12H2,1-2H3. The monoisotopic (exact) mass is 460 g/mol. The van der Waals surface area contributed by atoms with E-state index in [1.807, 2.05) is 13.0 Å². The first-order chi connectivity index (χ1) is 15.1. The molecule has 1 aliphatic carbocycles. The van der Waals surface area contributed by atoms with E-state index >= 15 is 0 Å². The van der Waals surface area contributed by atoms with Gasteiger partial charge in [0.15, 0.2) is 5.60 Å². The summed E-state index contributed by atoms with van der Waals surface area (Å²) in [5.41, 5.74) is -0.682. The summed E-state index contributed by atoms with van der Waals surface area (Å²) < 4.78 is 44.6. The molecule has 3 aromatic rings. The van der Waals surface area contributed by atoms with Crippen molar-refractivity contribution in [1.82, 2.24) is 4.57 Å². The molecule has 0 amide bonds. The maximum atomic E-state index is 14.4. The third kappa shape index (κ3) is 3.15. The zero-order valence-electron chi connectivity index (χ0n) is 17.6. The Morgan fingerprint density at radius 3 is 2.66 bits per heavy atom. The Kier molecular flexibility index (Phi) is 4.87. The van der Waals surface area contributed by atoms with E-state index in [9.17, 15) is 23.1 Å². The molecule has 32 heavy (non-hydrogen) atoms. The number of pyridine rings is 1. The van der Waals surface area contributed by atoms with Gasteiger partial charge in [-0.25, -0.2) is 0 Å². The van der Waals surface area contributed by atoms with Gasteiger partial charge in [-0.1, -0.05) is 25.1 Å². The average molecular weight is 461 g/mol. The molecule has 2 aromatic carbocycles. The highest BCUT2D eigenvalue weighted by atomic mass is 32.2. The maximum Gasteiger partial charge on any atom is 0.419 e. The molecule has 0 saturated heterocycles. The number of fused-ring (bicyclic) bond motifs is 1. The molecule has 2 aliphatic rings. The van der Waals surface area contributed by atoms with Gasteiger partial charge in [0.1, 0.15) is 0 Å². The summed E-state index contributed by atoms with van der Waals surface area (Å²) in [7, 11) is 1.62. The van der Waals surface area contributed by atoms with Crippen molar-refractivity contribution in [3.8, 4) is 0 Å². The van der Waals surface area contributed by atoms with E-state index in [2.05, 4.69) is 5.32 Å². The minimum Gasteiger partial charge on any atom is -0.379 e. The number of rotatable bonds is 2. The number of alkyl halides is 3. The van der Waals surface area contributed by atoms with Crippen molar-refractivity contribution in [3.05, 3.63) is 70.0 Å². The van der Waals surface area contributed by atoms with E-state index in [0.29, 0.717) is 28.6 Å². The van der Waals surface area contributed by atoms with Gasteiger partial charge in [0.25, 0.3) is 5.56 Å². The smallest absolute Gasteiger partial charge is 0.379 e. The summed E-state index contributed by atoms with van der Waals surface area (Å²) in [6.45, 7) is 2.01. The maximum absolute atomic E-state index is 14.4. The minimum atomic E-state index is -4.82. The van der Waals surface area contributed by atoms with Crippen molar-refractivity contribution in [3.63, 3.8) is 0 Å². The second-order valence-corrected chi connectivity index (χ2v) is 10.3. The Hall–Kier alpha value is -2.45. The van der Waals surface area contributed by atoms with Crippen molar-refractivity contribution in [2.45, 2.75) is 53.6 Å². The summed E-state index contributed by atoms with van der Waals surface area (Å²) in [6, 6.07) is 12.2. The highest BCUT2D eigenvalue weighted by molar-refractivity contribution is 8.00. The van der Waals surface area contributed by atoms with Crippen molar-refractivity contribution < 1.29 is 18.3 Å². The van der Waals surface area contributed by atoms with Gasteiger partial charge in [-0.2, -0.15) is 13.2 Å². The number of aliphatic hydroxyl groups is 1. The summed E-state index contributed by atoms with van der Waals surface area (Å²) >= 11 is 1.67. The molecule has 1 aliphatic heterocycles. The Bertz CT molecular complexity index is 1270. The molecule has 0 spiro atoms. The van der Waals surface area contributed by atoms with Crippen LogP contribution in [-0.4, -0.2) is 26.7 Å². The fourth-order valence-corrected chi connectivity index (χ4v) is 6.57. The first kappa shape index (κ1) is 21.4. The number of hydrogen-bond acceptors (Lipinski definition) is 4. The number of hydrogen-bond donors (Lipinski definition) is 2. The number of benzene rings is 2. The predicted octanol–water partition coefficient (Wildman–Crippen LogP) is 5.36. The van der Waals surface area contributed by atoms with E-state index < -0.39 is 17.8 Å². The zero-order chi connectivity index (χ0) is 22.8. The lowest BCUT2D eigenvalue weighted by Gasteiger charge is -2.48. The van der Waals surface area contributed by atoms with Gasteiger partial charge in [0.05, 0.1) is 11.6 Å². The van der Waals surface area contributed by atoms with E-state index in [-0.39, 0.29) is 23.1 Å². The third-order valence-electron chi connectivity index (χ3n) is 6.76. The second-order valence-electron chi connectivity index (χ2n) is 8.79. The van der Waals surface area contributed by atoms with Crippen LogP contribution in [0, 0.1) is 0 Å². The summed E-state index contributed by atoms with van der Waals surface area (Å²) in [6.07, 6.45) is -4.61. The number of halogens is 3. The molecule has 0 saturated carbocycles. The lowest BCUT2D eigenvalue weighted by molar-refractivity contribution is -0.273. The van der Waals surface area contributed by atoms with Crippen LogP contribution in [0.3, 0.4) is 0 Å². The zero-order valence-corrected chi connectivity index (χ0v) is 18.4. The molecule has 1 aromatic heterocycles. The number of aromatic nitrogens is 1. The Morgan fingerprint density at radius 1 is 1.16 bits per heavy atom. The molecule has 2 N–H and O–H groups in total. The number of thioether (sulfide) groups is 1. The molecule has 168 valence electrons. The number of aryl methyl sites for hydroxylation is 1. The molecule has 0 radical (unpaired) electrons. The third-order valence-corrected chi connectivity index (χ3v) is 7.96. The molecule has 0 fully saturated rings. The van der Waals surface area contributed by atoms with Crippen molar-refractivity contribution in [2.75, 3.05) is 5.32 Å².